The van der Waals surface area contributed by atoms with Gasteiger partial charge in [-0.3, -0.25) is 14.5 Å². The van der Waals surface area contributed by atoms with Crippen molar-refractivity contribution in [2.75, 3.05) is 19.1 Å². The molecule has 1 aliphatic heterocycles. The lowest BCUT2D eigenvalue weighted by Gasteiger charge is -2.43. The van der Waals surface area contributed by atoms with Crippen molar-refractivity contribution in [2.45, 2.75) is 39.0 Å². The number of carbonyl (C=O) groups excluding carboxylic acids is 2. The molecular formula is C25H24Cl3NO4. The van der Waals surface area contributed by atoms with Crippen LogP contribution in [0.2, 0.25) is 15.1 Å². The largest absolute Gasteiger partial charge is 0.495 e. The van der Waals surface area contributed by atoms with E-state index in [1.807, 2.05) is 13.8 Å². The van der Waals surface area contributed by atoms with Crippen molar-refractivity contribution >= 4 is 52.2 Å². The number of hydrogen-bond acceptors (Lipinski definition) is 4. The second-order valence-corrected chi connectivity index (χ2v) is 10.4. The summed E-state index contributed by atoms with van der Waals surface area (Å²) in [6.07, 6.45) is 1.00. The van der Waals surface area contributed by atoms with Gasteiger partial charge >= 0.3 is 0 Å². The average molecular weight is 509 g/mol. The van der Waals surface area contributed by atoms with Crippen LogP contribution < -0.4 is 14.4 Å². The molecule has 174 valence electrons. The van der Waals surface area contributed by atoms with Crippen molar-refractivity contribution in [1.29, 1.82) is 0 Å². The van der Waals surface area contributed by atoms with Gasteiger partial charge in [-0.15, -0.1) is 0 Å². The summed E-state index contributed by atoms with van der Waals surface area (Å²) in [4.78, 5) is 28.7. The van der Waals surface area contributed by atoms with Crippen LogP contribution in [0.1, 0.15) is 44.6 Å². The first kappa shape index (κ1) is 23.9. The van der Waals surface area contributed by atoms with Gasteiger partial charge in [-0.05, 0) is 35.6 Å². The Hall–Kier alpha value is -2.21. The third-order valence-electron chi connectivity index (χ3n) is 6.18. The summed E-state index contributed by atoms with van der Waals surface area (Å²) in [5.41, 5.74) is 2.14. The maximum absolute atomic E-state index is 13.6. The number of hydrogen-bond donors (Lipinski definition) is 0. The van der Waals surface area contributed by atoms with Gasteiger partial charge in [-0.2, -0.15) is 0 Å². The molecule has 1 unspecified atom stereocenters. The Balaban J connectivity index is 1.95. The Bertz CT molecular complexity index is 1190. The van der Waals surface area contributed by atoms with E-state index in [4.69, 9.17) is 44.3 Å². The molecule has 0 saturated heterocycles. The number of halogens is 3. The van der Waals surface area contributed by atoms with E-state index in [2.05, 4.69) is 0 Å². The minimum absolute atomic E-state index is 0.00772. The fourth-order valence-corrected chi connectivity index (χ4v) is 5.54. The van der Waals surface area contributed by atoms with Gasteiger partial charge in [-0.25, -0.2) is 0 Å². The number of nitrogens with zero attached hydrogens (tertiary/aromatic N) is 1. The number of allylic oxidation sites excluding steroid dienone is 2. The van der Waals surface area contributed by atoms with E-state index in [1.54, 1.807) is 35.2 Å². The minimum atomic E-state index is -0.447. The van der Waals surface area contributed by atoms with Gasteiger partial charge in [0.05, 0.1) is 24.9 Å². The molecule has 2 aromatic carbocycles. The SMILES string of the molecule is COc1cc(OC)c(N2C(=O)CC(c3ccc(Cl)cc3Cl)C3=C2CC(C)(C)CC3=O)cc1Cl. The van der Waals surface area contributed by atoms with Crippen LogP contribution in [0.15, 0.2) is 41.6 Å². The zero-order valence-corrected chi connectivity index (χ0v) is 21.1. The fraction of sp³-hybridized carbons (Fsp3) is 0.360. The van der Waals surface area contributed by atoms with Crippen molar-refractivity contribution in [2.24, 2.45) is 5.41 Å². The van der Waals surface area contributed by atoms with Gasteiger partial charge < -0.3 is 9.47 Å². The van der Waals surface area contributed by atoms with Crippen LogP contribution in [0.3, 0.4) is 0 Å². The molecule has 1 amide bonds. The highest BCUT2D eigenvalue weighted by atomic mass is 35.5. The number of Topliss-reactive ketones (excluding diaryl/α,β-unsaturated/α-hetero) is 1. The molecule has 0 fully saturated rings. The zero-order valence-electron chi connectivity index (χ0n) is 18.8. The van der Waals surface area contributed by atoms with Crippen molar-refractivity contribution in [3.05, 3.63) is 62.2 Å². The van der Waals surface area contributed by atoms with Gasteiger partial charge in [0.25, 0.3) is 0 Å². The van der Waals surface area contributed by atoms with Crippen molar-refractivity contribution in [3.8, 4) is 11.5 Å². The quantitative estimate of drug-likeness (QED) is 0.454. The van der Waals surface area contributed by atoms with Crippen LogP contribution >= 0.6 is 34.8 Å². The third-order valence-corrected chi connectivity index (χ3v) is 7.03. The summed E-state index contributed by atoms with van der Waals surface area (Å²) in [6.45, 7) is 4.04. The van der Waals surface area contributed by atoms with E-state index in [-0.39, 0.29) is 23.5 Å². The first-order valence-corrected chi connectivity index (χ1v) is 11.7. The molecule has 0 radical (unpaired) electrons. The number of amides is 1. The summed E-state index contributed by atoms with van der Waals surface area (Å²) in [5.74, 6) is 0.247. The van der Waals surface area contributed by atoms with Crippen molar-refractivity contribution < 1.29 is 19.1 Å². The Labute approximate surface area is 208 Å². The topological polar surface area (TPSA) is 55.8 Å². The van der Waals surface area contributed by atoms with Gasteiger partial charge in [0.2, 0.25) is 5.91 Å². The van der Waals surface area contributed by atoms with Gasteiger partial charge in [0, 0.05) is 46.1 Å². The molecule has 1 atom stereocenters. The van der Waals surface area contributed by atoms with E-state index in [0.717, 1.165) is 0 Å². The van der Waals surface area contributed by atoms with Gasteiger partial charge in [-0.1, -0.05) is 54.7 Å². The normalized spacial score (nSPS) is 20.1. The van der Waals surface area contributed by atoms with Crippen LogP contribution in [0, 0.1) is 5.41 Å². The molecule has 33 heavy (non-hydrogen) atoms. The number of benzene rings is 2. The van der Waals surface area contributed by atoms with Crippen molar-refractivity contribution in [3.63, 3.8) is 0 Å². The van der Waals surface area contributed by atoms with E-state index in [1.165, 1.54) is 14.2 Å². The lowest BCUT2D eigenvalue weighted by Crippen LogP contribution is -2.44. The number of carbonyl (C=O) groups is 2. The predicted molar refractivity (Wildman–Crippen MR) is 131 cm³/mol. The molecule has 0 spiro atoms. The van der Waals surface area contributed by atoms with Crippen LogP contribution in [-0.2, 0) is 9.59 Å². The average Bonchev–Trinajstić information content (AvgIpc) is 2.72. The molecule has 5 nitrogen and oxygen atoms in total. The second-order valence-electron chi connectivity index (χ2n) is 9.11. The maximum Gasteiger partial charge on any atom is 0.232 e. The van der Waals surface area contributed by atoms with Crippen LogP contribution in [0.4, 0.5) is 5.69 Å². The Morgan fingerprint density at radius 3 is 2.27 bits per heavy atom. The predicted octanol–water partition coefficient (Wildman–Crippen LogP) is 6.83. The summed E-state index contributed by atoms with van der Waals surface area (Å²) in [5, 5.41) is 1.27. The molecule has 0 N–H and O–H groups in total. The van der Waals surface area contributed by atoms with Crippen molar-refractivity contribution in [1.82, 2.24) is 0 Å². The standard InChI is InChI=1S/C25H24Cl3NO4/c1-25(2)11-19-24(20(30)12-25)15(14-6-5-13(26)7-16(14)27)8-23(31)29(19)18-9-17(28)21(32-3)10-22(18)33-4/h5-7,9-10,15H,8,11-12H2,1-4H3. The van der Waals surface area contributed by atoms with Crippen LogP contribution in [-0.4, -0.2) is 25.9 Å². The summed E-state index contributed by atoms with van der Waals surface area (Å²) in [6, 6.07) is 8.44. The monoisotopic (exact) mass is 507 g/mol. The smallest absolute Gasteiger partial charge is 0.232 e. The van der Waals surface area contributed by atoms with Crippen LogP contribution in [0.25, 0.3) is 0 Å². The molecule has 2 aliphatic rings. The van der Waals surface area contributed by atoms with E-state index in [9.17, 15) is 9.59 Å². The highest BCUT2D eigenvalue weighted by molar-refractivity contribution is 6.35. The minimum Gasteiger partial charge on any atom is -0.495 e. The maximum atomic E-state index is 13.6. The highest BCUT2D eigenvalue weighted by Gasteiger charge is 2.45. The Morgan fingerprint density at radius 1 is 0.939 bits per heavy atom. The number of rotatable bonds is 4. The third kappa shape index (κ3) is 4.34. The molecular weight excluding hydrogens is 485 g/mol. The summed E-state index contributed by atoms with van der Waals surface area (Å²) < 4.78 is 10.9. The lowest BCUT2D eigenvalue weighted by molar-refractivity contribution is -0.121. The summed E-state index contributed by atoms with van der Waals surface area (Å²) >= 11 is 19.0. The Kier molecular flexibility index (Phi) is 6.43. The molecule has 2 aromatic rings. The second kappa shape index (κ2) is 8.86. The number of anilines is 1. The van der Waals surface area contributed by atoms with Gasteiger partial charge in [0.15, 0.2) is 5.78 Å². The lowest BCUT2D eigenvalue weighted by atomic mass is 9.69. The molecule has 8 heteroatoms. The number of ether oxygens (including phenoxy) is 2. The zero-order chi connectivity index (χ0) is 24.1. The van der Waals surface area contributed by atoms with E-state index < -0.39 is 5.92 Å². The van der Waals surface area contributed by atoms with Gasteiger partial charge in [0.1, 0.15) is 11.5 Å². The van der Waals surface area contributed by atoms with E-state index >= 15 is 0 Å². The molecule has 0 bridgehead atoms. The number of ketones is 1. The summed E-state index contributed by atoms with van der Waals surface area (Å²) in [7, 11) is 3.03. The molecule has 0 aromatic heterocycles. The first-order chi connectivity index (χ1) is 15.6. The molecule has 1 aliphatic carbocycles. The molecule has 4 rings (SSSR count). The fourth-order valence-electron chi connectivity index (χ4n) is 4.76. The molecule has 0 saturated carbocycles. The number of methoxy groups -OCH3 is 2. The Morgan fingerprint density at radius 2 is 1.64 bits per heavy atom. The van der Waals surface area contributed by atoms with E-state index in [0.29, 0.717) is 61.9 Å². The first-order valence-electron chi connectivity index (χ1n) is 10.5. The molecule has 1 heterocycles. The van der Waals surface area contributed by atoms with Crippen LogP contribution in [0.5, 0.6) is 11.5 Å². The highest BCUT2D eigenvalue weighted by Crippen LogP contribution is 2.51.